The molecule has 0 saturated heterocycles. The van der Waals surface area contributed by atoms with E-state index in [0.29, 0.717) is 10.6 Å². The number of rotatable bonds is 2. The third-order valence-electron chi connectivity index (χ3n) is 2.71. The zero-order valence-electron chi connectivity index (χ0n) is 10.2. The van der Waals surface area contributed by atoms with Crippen molar-refractivity contribution in [1.29, 1.82) is 0 Å². The van der Waals surface area contributed by atoms with Crippen molar-refractivity contribution in [3.8, 4) is 0 Å². The Balaban J connectivity index is 2.27. The van der Waals surface area contributed by atoms with E-state index in [2.05, 4.69) is 10.3 Å². The molecular formula is C14H13ClN2O. The molecule has 92 valence electrons. The Labute approximate surface area is 111 Å². The third-order valence-corrected chi connectivity index (χ3v) is 2.95. The lowest BCUT2D eigenvalue weighted by Gasteiger charge is -2.10. The summed E-state index contributed by atoms with van der Waals surface area (Å²) in [7, 11) is 0. The fourth-order valence-corrected chi connectivity index (χ4v) is 1.82. The van der Waals surface area contributed by atoms with Crippen LogP contribution in [0.5, 0.6) is 0 Å². The van der Waals surface area contributed by atoms with Crippen LogP contribution in [0.3, 0.4) is 0 Å². The summed E-state index contributed by atoms with van der Waals surface area (Å²) < 4.78 is 0. The van der Waals surface area contributed by atoms with Gasteiger partial charge in [0.2, 0.25) is 0 Å². The van der Waals surface area contributed by atoms with Crippen molar-refractivity contribution in [3.63, 3.8) is 0 Å². The topological polar surface area (TPSA) is 42.0 Å². The van der Waals surface area contributed by atoms with Gasteiger partial charge in [-0.15, -0.1) is 0 Å². The number of hydrogen-bond acceptors (Lipinski definition) is 2. The van der Waals surface area contributed by atoms with Crippen LogP contribution in [0.2, 0.25) is 5.02 Å². The number of pyridine rings is 1. The number of aromatic nitrogens is 1. The molecule has 3 nitrogen and oxygen atoms in total. The van der Waals surface area contributed by atoms with Gasteiger partial charge in [0.25, 0.3) is 5.91 Å². The lowest BCUT2D eigenvalue weighted by molar-refractivity contribution is 0.102. The lowest BCUT2D eigenvalue weighted by Crippen LogP contribution is -2.14. The Morgan fingerprint density at radius 3 is 2.72 bits per heavy atom. The highest BCUT2D eigenvalue weighted by molar-refractivity contribution is 6.31. The Bertz CT molecular complexity index is 596. The average Bonchev–Trinajstić information content (AvgIpc) is 2.34. The number of aryl methyl sites for hydroxylation is 2. The minimum Gasteiger partial charge on any atom is -0.322 e. The van der Waals surface area contributed by atoms with Crippen LogP contribution in [0.1, 0.15) is 21.5 Å². The Kier molecular flexibility index (Phi) is 3.63. The molecule has 0 unspecified atom stereocenters. The third kappa shape index (κ3) is 2.68. The second-order valence-corrected chi connectivity index (χ2v) is 4.54. The number of amides is 1. The van der Waals surface area contributed by atoms with Crippen molar-refractivity contribution >= 4 is 23.2 Å². The molecule has 0 atom stereocenters. The molecule has 0 radical (unpaired) electrons. The molecule has 0 aliphatic heterocycles. The van der Waals surface area contributed by atoms with Crippen LogP contribution < -0.4 is 5.32 Å². The van der Waals surface area contributed by atoms with E-state index in [9.17, 15) is 4.79 Å². The molecule has 18 heavy (non-hydrogen) atoms. The molecule has 1 aromatic heterocycles. The molecule has 0 fully saturated rings. The number of halogens is 1. The molecule has 0 aliphatic rings. The highest BCUT2D eigenvalue weighted by Crippen LogP contribution is 2.21. The van der Waals surface area contributed by atoms with Gasteiger partial charge >= 0.3 is 0 Å². The lowest BCUT2D eigenvalue weighted by atomic mass is 10.1. The van der Waals surface area contributed by atoms with Gasteiger partial charge in [0, 0.05) is 28.7 Å². The van der Waals surface area contributed by atoms with E-state index in [4.69, 9.17) is 11.6 Å². The fraction of sp³-hybridized carbons (Fsp3) is 0.143. The first-order valence-electron chi connectivity index (χ1n) is 5.56. The van der Waals surface area contributed by atoms with E-state index < -0.39 is 0 Å². The zero-order chi connectivity index (χ0) is 13.1. The largest absolute Gasteiger partial charge is 0.322 e. The number of hydrogen-bond donors (Lipinski definition) is 1. The molecule has 1 N–H and O–H groups in total. The summed E-state index contributed by atoms with van der Waals surface area (Å²) in [4.78, 5) is 16.1. The van der Waals surface area contributed by atoms with Crippen molar-refractivity contribution in [2.24, 2.45) is 0 Å². The molecular weight excluding hydrogens is 248 g/mol. The van der Waals surface area contributed by atoms with Gasteiger partial charge in [0.1, 0.15) is 0 Å². The van der Waals surface area contributed by atoms with Crippen LogP contribution in [0, 0.1) is 13.8 Å². The molecule has 2 aromatic rings. The summed E-state index contributed by atoms with van der Waals surface area (Å²) in [5.41, 5.74) is 3.15. The van der Waals surface area contributed by atoms with Crippen molar-refractivity contribution in [2.75, 3.05) is 5.32 Å². The first-order valence-corrected chi connectivity index (χ1v) is 5.94. The van der Waals surface area contributed by atoms with E-state index in [1.54, 1.807) is 30.6 Å². The van der Waals surface area contributed by atoms with Gasteiger partial charge in [-0.25, -0.2) is 0 Å². The van der Waals surface area contributed by atoms with Gasteiger partial charge in [0.15, 0.2) is 0 Å². The summed E-state index contributed by atoms with van der Waals surface area (Å²) in [5, 5.41) is 3.46. The molecule has 4 heteroatoms. The number of carbonyl (C=O) groups is 1. The molecule has 1 heterocycles. The number of nitrogens with one attached hydrogen (secondary N) is 1. The maximum atomic E-state index is 12.1. The molecule has 2 rings (SSSR count). The predicted molar refractivity (Wildman–Crippen MR) is 73.1 cm³/mol. The van der Waals surface area contributed by atoms with Crippen LogP contribution >= 0.6 is 11.6 Å². The van der Waals surface area contributed by atoms with Crippen LogP contribution in [-0.4, -0.2) is 10.9 Å². The monoisotopic (exact) mass is 260 g/mol. The normalized spacial score (nSPS) is 10.2. The fourth-order valence-electron chi connectivity index (χ4n) is 1.65. The van der Waals surface area contributed by atoms with Crippen molar-refractivity contribution in [2.45, 2.75) is 13.8 Å². The number of benzene rings is 1. The number of nitrogens with zero attached hydrogens (tertiary/aromatic N) is 1. The Hall–Kier alpha value is -1.87. The molecule has 0 aliphatic carbocycles. The van der Waals surface area contributed by atoms with Crippen molar-refractivity contribution in [3.05, 3.63) is 58.4 Å². The highest BCUT2D eigenvalue weighted by atomic mass is 35.5. The van der Waals surface area contributed by atoms with Crippen molar-refractivity contribution in [1.82, 2.24) is 4.98 Å². The average molecular weight is 261 g/mol. The van der Waals surface area contributed by atoms with Crippen molar-refractivity contribution < 1.29 is 4.79 Å². The van der Waals surface area contributed by atoms with Crippen LogP contribution in [-0.2, 0) is 0 Å². The Morgan fingerprint density at radius 2 is 2.00 bits per heavy atom. The SMILES string of the molecule is Cc1ccc(Cl)cc1NC(=O)c1ccncc1C. The van der Waals surface area contributed by atoms with E-state index in [1.165, 1.54) is 0 Å². The van der Waals surface area contributed by atoms with E-state index in [-0.39, 0.29) is 5.91 Å². The van der Waals surface area contributed by atoms with Gasteiger partial charge in [-0.05, 0) is 43.2 Å². The van der Waals surface area contributed by atoms with E-state index >= 15 is 0 Å². The first kappa shape index (κ1) is 12.6. The molecule has 0 saturated carbocycles. The van der Waals surface area contributed by atoms with E-state index in [1.807, 2.05) is 19.9 Å². The summed E-state index contributed by atoms with van der Waals surface area (Å²) in [5.74, 6) is -0.153. The zero-order valence-corrected chi connectivity index (χ0v) is 11.0. The van der Waals surface area contributed by atoms with Crippen LogP contribution in [0.25, 0.3) is 0 Å². The quantitative estimate of drug-likeness (QED) is 0.896. The van der Waals surface area contributed by atoms with Gasteiger partial charge in [0.05, 0.1) is 0 Å². The highest BCUT2D eigenvalue weighted by Gasteiger charge is 2.10. The summed E-state index contributed by atoms with van der Waals surface area (Å²) in [6, 6.07) is 7.11. The minimum atomic E-state index is -0.153. The van der Waals surface area contributed by atoms with Gasteiger partial charge < -0.3 is 5.32 Å². The molecule has 1 aromatic carbocycles. The first-order chi connectivity index (χ1) is 8.58. The van der Waals surface area contributed by atoms with Gasteiger partial charge in [-0.3, -0.25) is 9.78 Å². The standard InChI is InChI=1S/C14H13ClN2O/c1-9-3-4-11(15)7-13(9)17-14(18)12-5-6-16-8-10(12)2/h3-8H,1-2H3,(H,17,18). The number of anilines is 1. The number of carbonyl (C=O) groups excluding carboxylic acids is 1. The van der Waals surface area contributed by atoms with Crippen LogP contribution in [0.4, 0.5) is 5.69 Å². The maximum absolute atomic E-state index is 12.1. The second kappa shape index (κ2) is 5.19. The second-order valence-electron chi connectivity index (χ2n) is 4.10. The molecule has 1 amide bonds. The smallest absolute Gasteiger partial charge is 0.256 e. The minimum absolute atomic E-state index is 0.153. The van der Waals surface area contributed by atoms with Gasteiger partial charge in [-0.2, -0.15) is 0 Å². The molecule has 0 spiro atoms. The molecule has 0 bridgehead atoms. The maximum Gasteiger partial charge on any atom is 0.256 e. The van der Waals surface area contributed by atoms with Gasteiger partial charge in [-0.1, -0.05) is 17.7 Å². The summed E-state index contributed by atoms with van der Waals surface area (Å²) >= 11 is 5.92. The summed E-state index contributed by atoms with van der Waals surface area (Å²) in [6.07, 6.45) is 3.27. The van der Waals surface area contributed by atoms with E-state index in [0.717, 1.165) is 16.8 Å². The summed E-state index contributed by atoms with van der Waals surface area (Å²) in [6.45, 7) is 3.78. The van der Waals surface area contributed by atoms with Crippen LogP contribution in [0.15, 0.2) is 36.7 Å². The predicted octanol–water partition coefficient (Wildman–Crippen LogP) is 3.60. The Morgan fingerprint density at radius 1 is 1.22 bits per heavy atom.